The van der Waals surface area contributed by atoms with E-state index in [-0.39, 0.29) is 17.2 Å². The van der Waals surface area contributed by atoms with Crippen molar-refractivity contribution in [3.05, 3.63) is 89.2 Å². The van der Waals surface area contributed by atoms with E-state index < -0.39 is 21.3 Å². The van der Waals surface area contributed by atoms with Crippen molar-refractivity contribution in [1.29, 1.82) is 5.26 Å². The average Bonchev–Trinajstić information content (AvgIpc) is 2.89. The van der Waals surface area contributed by atoms with Crippen LogP contribution in [0.15, 0.2) is 67.0 Å². The third kappa shape index (κ3) is 6.55. The van der Waals surface area contributed by atoms with E-state index in [1.165, 1.54) is 12.1 Å². The van der Waals surface area contributed by atoms with Gasteiger partial charge >= 0.3 is 0 Å². The number of aromatic nitrogens is 2. The number of carbonyl (C=O) groups is 2. The maximum Gasteiger partial charge on any atom is 0.255 e. The van der Waals surface area contributed by atoms with E-state index in [0.29, 0.717) is 33.5 Å². The zero-order chi connectivity index (χ0) is 28.4. The quantitative estimate of drug-likeness (QED) is 0.308. The number of rotatable bonds is 7. The SMILES string of the molecule is Cc1ccc(NC(=O)c2cc(NS(C)(=O)=O)cc(C(C)(C)C#N)c2)cc1NC(=O)c1ccc2nccnc2c1. The number of nitriles is 1. The van der Waals surface area contributed by atoms with Crippen LogP contribution in [0.4, 0.5) is 17.1 Å². The highest BCUT2D eigenvalue weighted by atomic mass is 32.2. The zero-order valence-corrected chi connectivity index (χ0v) is 22.6. The van der Waals surface area contributed by atoms with E-state index in [1.54, 1.807) is 68.7 Å². The molecule has 0 aliphatic rings. The summed E-state index contributed by atoms with van der Waals surface area (Å²) in [6.07, 6.45) is 4.13. The first-order chi connectivity index (χ1) is 18.3. The Labute approximate surface area is 226 Å². The highest BCUT2D eigenvalue weighted by Crippen LogP contribution is 2.28. The van der Waals surface area contributed by atoms with Gasteiger partial charge in [-0.2, -0.15) is 5.26 Å². The van der Waals surface area contributed by atoms with E-state index in [2.05, 4.69) is 31.4 Å². The molecule has 0 spiro atoms. The lowest BCUT2D eigenvalue weighted by Gasteiger charge is -2.19. The van der Waals surface area contributed by atoms with Gasteiger partial charge in [0.2, 0.25) is 10.0 Å². The van der Waals surface area contributed by atoms with Gasteiger partial charge in [-0.05, 0) is 80.4 Å². The number of hydrogen-bond acceptors (Lipinski definition) is 7. The van der Waals surface area contributed by atoms with Gasteiger partial charge in [-0.25, -0.2) is 8.42 Å². The van der Waals surface area contributed by atoms with Crippen LogP contribution < -0.4 is 15.4 Å². The van der Waals surface area contributed by atoms with Crippen molar-refractivity contribution in [2.75, 3.05) is 21.6 Å². The van der Waals surface area contributed by atoms with Crippen LogP contribution in [0.1, 0.15) is 45.7 Å². The van der Waals surface area contributed by atoms with Crippen LogP contribution in [-0.2, 0) is 15.4 Å². The number of benzene rings is 3. The average molecular weight is 543 g/mol. The molecule has 0 aliphatic carbocycles. The molecule has 0 unspecified atom stereocenters. The Kier molecular flexibility index (Phi) is 7.34. The third-order valence-electron chi connectivity index (χ3n) is 5.97. The van der Waals surface area contributed by atoms with Crippen LogP contribution in [0, 0.1) is 18.3 Å². The maximum absolute atomic E-state index is 13.2. The van der Waals surface area contributed by atoms with Crippen molar-refractivity contribution in [2.24, 2.45) is 0 Å². The minimum Gasteiger partial charge on any atom is -0.322 e. The molecule has 2 amide bonds. The molecule has 4 rings (SSSR count). The Morgan fingerprint density at radius 1 is 0.846 bits per heavy atom. The number of sulfonamides is 1. The molecular weight excluding hydrogens is 516 g/mol. The molecule has 10 nitrogen and oxygen atoms in total. The predicted octanol–water partition coefficient (Wildman–Crippen LogP) is 4.62. The summed E-state index contributed by atoms with van der Waals surface area (Å²) in [6, 6.07) is 16.7. The molecule has 0 aliphatic heterocycles. The normalized spacial score (nSPS) is 11.5. The number of nitrogens with one attached hydrogen (secondary N) is 3. The van der Waals surface area contributed by atoms with Gasteiger partial charge in [0.15, 0.2) is 0 Å². The Hall–Kier alpha value is -4.82. The molecule has 11 heteroatoms. The van der Waals surface area contributed by atoms with Gasteiger partial charge < -0.3 is 10.6 Å². The lowest BCUT2D eigenvalue weighted by molar-refractivity contribution is 0.101. The van der Waals surface area contributed by atoms with Crippen molar-refractivity contribution in [3.8, 4) is 6.07 Å². The molecule has 0 radical (unpaired) electrons. The molecule has 0 fully saturated rings. The lowest BCUT2D eigenvalue weighted by atomic mass is 9.85. The fraction of sp³-hybridized carbons (Fsp3) is 0.179. The molecule has 0 atom stereocenters. The molecule has 0 bridgehead atoms. The number of fused-ring (bicyclic) bond motifs is 1. The first-order valence-corrected chi connectivity index (χ1v) is 13.7. The van der Waals surface area contributed by atoms with Gasteiger partial charge in [0.1, 0.15) is 0 Å². The van der Waals surface area contributed by atoms with Gasteiger partial charge in [-0.1, -0.05) is 6.07 Å². The Bertz CT molecular complexity index is 1760. The summed E-state index contributed by atoms with van der Waals surface area (Å²) >= 11 is 0. The monoisotopic (exact) mass is 542 g/mol. The van der Waals surface area contributed by atoms with Gasteiger partial charge in [0.05, 0.1) is 28.8 Å². The van der Waals surface area contributed by atoms with Crippen LogP contribution in [0.5, 0.6) is 0 Å². The first kappa shape index (κ1) is 27.2. The zero-order valence-electron chi connectivity index (χ0n) is 21.7. The van der Waals surface area contributed by atoms with E-state index in [9.17, 15) is 23.3 Å². The molecule has 39 heavy (non-hydrogen) atoms. The number of aryl methyl sites for hydroxylation is 1. The molecule has 3 aromatic carbocycles. The van der Waals surface area contributed by atoms with Gasteiger partial charge in [-0.15, -0.1) is 0 Å². The second-order valence-corrected chi connectivity index (χ2v) is 11.4. The van der Waals surface area contributed by atoms with E-state index in [0.717, 1.165) is 11.8 Å². The van der Waals surface area contributed by atoms with Crippen molar-refractivity contribution in [1.82, 2.24) is 9.97 Å². The lowest BCUT2D eigenvalue weighted by Crippen LogP contribution is -2.19. The summed E-state index contributed by atoms with van der Waals surface area (Å²) in [4.78, 5) is 34.6. The molecule has 198 valence electrons. The molecule has 0 saturated carbocycles. The standard InChI is InChI=1S/C28H26N6O4S/c1-17-5-7-21(15-24(17)33-26(35)18-6-8-23-25(13-18)31-10-9-30-23)32-27(36)19-11-20(28(2,3)16-29)14-22(12-19)34-39(4,37)38/h5-15,34H,1-4H3,(H,32,36)(H,33,35). The Balaban J connectivity index is 1.59. The molecule has 0 saturated heterocycles. The summed E-state index contributed by atoms with van der Waals surface area (Å²) in [6.45, 7) is 5.17. The minimum absolute atomic E-state index is 0.158. The molecule has 3 N–H and O–H groups in total. The van der Waals surface area contributed by atoms with Crippen molar-refractivity contribution in [3.63, 3.8) is 0 Å². The summed E-state index contributed by atoms with van der Waals surface area (Å²) < 4.78 is 26.0. The summed E-state index contributed by atoms with van der Waals surface area (Å²) in [7, 11) is -3.62. The van der Waals surface area contributed by atoms with E-state index >= 15 is 0 Å². The smallest absolute Gasteiger partial charge is 0.255 e. The van der Waals surface area contributed by atoms with Gasteiger partial charge in [0.25, 0.3) is 11.8 Å². The Morgan fingerprint density at radius 2 is 1.54 bits per heavy atom. The highest BCUT2D eigenvalue weighted by Gasteiger charge is 2.23. The highest BCUT2D eigenvalue weighted by molar-refractivity contribution is 7.92. The van der Waals surface area contributed by atoms with Crippen molar-refractivity contribution in [2.45, 2.75) is 26.2 Å². The van der Waals surface area contributed by atoms with Crippen LogP contribution in [-0.4, -0.2) is 36.5 Å². The van der Waals surface area contributed by atoms with Gasteiger partial charge in [-0.3, -0.25) is 24.3 Å². The maximum atomic E-state index is 13.2. The summed E-state index contributed by atoms with van der Waals surface area (Å²) in [5, 5.41) is 15.2. The molecule has 1 heterocycles. The first-order valence-electron chi connectivity index (χ1n) is 11.8. The molecular formula is C28H26N6O4S. The van der Waals surface area contributed by atoms with E-state index in [1.807, 2.05) is 6.92 Å². The van der Waals surface area contributed by atoms with Crippen LogP contribution >= 0.6 is 0 Å². The van der Waals surface area contributed by atoms with Crippen LogP contribution in [0.3, 0.4) is 0 Å². The fourth-order valence-electron chi connectivity index (χ4n) is 3.79. The summed E-state index contributed by atoms with van der Waals surface area (Å²) in [5.41, 5.74) is 3.18. The fourth-order valence-corrected chi connectivity index (χ4v) is 4.34. The molecule has 1 aromatic heterocycles. The summed E-state index contributed by atoms with van der Waals surface area (Å²) in [5.74, 6) is -0.867. The largest absolute Gasteiger partial charge is 0.322 e. The number of amides is 2. The van der Waals surface area contributed by atoms with Crippen molar-refractivity contribution < 1.29 is 18.0 Å². The minimum atomic E-state index is -3.62. The van der Waals surface area contributed by atoms with Crippen LogP contribution in [0.25, 0.3) is 11.0 Å². The molecule has 4 aromatic rings. The number of carbonyl (C=O) groups excluding carboxylic acids is 2. The van der Waals surface area contributed by atoms with Crippen molar-refractivity contribution >= 4 is 49.9 Å². The van der Waals surface area contributed by atoms with Crippen LogP contribution in [0.2, 0.25) is 0 Å². The Morgan fingerprint density at radius 3 is 2.23 bits per heavy atom. The van der Waals surface area contributed by atoms with E-state index in [4.69, 9.17) is 0 Å². The topological polar surface area (TPSA) is 154 Å². The number of nitrogens with zero attached hydrogens (tertiary/aromatic N) is 3. The number of hydrogen-bond donors (Lipinski definition) is 3. The second-order valence-electron chi connectivity index (χ2n) is 9.61. The number of anilines is 3. The second kappa shape index (κ2) is 10.5. The predicted molar refractivity (Wildman–Crippen MR) is 150 cm³/mol. The third-order valence-corrected chi connectivity index (χ3v) is 6.58. The van der Waals surface area contributed by atoms with Gasteiger partial charge in [0, 0.05) is 40.6 Å².